The molecule has 10 nitrogen and oxygen atoms in total. The van der Waals surface area contributed by atoms with E-state index in [2.05, 4.69) is 10.6 Å². The minimum Gasteiger partial charge on any atom is -0.477 e. The van der Waals surface area contributed by atoms with E-state index in [4.69, 9.17) is 11.6 Å². The van der Waals surface area contributed by atoms with Crippen LogP contribution in [0.25, 0.3) is 10.8 Å². The number of nitro groups is 1. The molecular formula is C19H15ClN4O6S. The summed E-state index contributed by atoms with van der Waals surface area (Å²) in [7, 11) is 0. The zero-order chi connectivity index (χ0) is 22.3. The number of carbonyl (C=O) groups excluding carboxylic acids is 2. The number of carboxylic acid groups (broad SMARTS) is 1. The van der Waals surface area contributed by atoms with E-state index in [1.54, 1.807) is 30.3 Å². The summed E-state index contributed by atoms with van der Waals surface area (Å²) in [5.41, 5.74) is 0.214. The van der Waals surface area contributed by atoms with Gasteiger partial charge >= 0.3 is 5.97 Å². The number of anilines is 1. The summed E-state index contributed by atoms with van der Waals surface area (Å²) in [4.78, 5) is 47.9. The lowest BCUT2D eigenvalue weighted by Gasteiger charge is -2.48. The van der Waals surface area contributed by atoms with Crippen molar-refractivity contribution in [2.24, 2.45) is 0 Å². The van der Waals surface area contributed by atoms with E-state index in [0.29, 0.717) is 16.5 Å². The molecule has 12 heteroatoms. The maximum Gasteiger partial charge on any atom is 0.353 e. The molecule has 1 unspecified atom stereocenters. The van der Waals surface area contributed by atoms with Crippen molar-refractivity contribution >= 4 is 63.3 Å². The van der Waals surface area contributed by atoms with Gasteiger partial charge in [-0.1, -0.05) is 29.8 Å². The van der Waals surface area contributed by atoms with Crippen LogP contribution in [0.5, 0.6) is 0 Å². The van der Waals surface area contributed by atoms with Gasteiger partial charge in [0.2, 0.25) is 5.91 Å². The molecule has 2 heterocycles. The van der Waals surface area contributed by atoms with Gasteiger partial charge in [-0.2, -0.15) is 0 Å². The lowest BCUT2D eigenvalue weighted by molar-refractivity contribution is -0.383. The van der Waals surface area contributed by atoms with Crippen LogP contribution in [0.4, 0.5) is 11.4 Å². The van der Waals surface area contributed by atoms with Gasteiger partial charge in [0.05, 0.1) is 21.9 Å². The maximum absolute atomic E-state index is 12.4. The first-order chi connectivity index (χ1) is 14.8. The number of nitrogens with zero attached hydrogens (tertiary/aromatic N) is 2. The molecule has 2 amide bonds. The Bertz CT molecular complexity index is 1170. The Kier molecular flexibility index (Phi) is 5.46. The Morgan fingerprint density at radius 1 is 1.32 bits per heavy atom. The maximum atomic E-state index is 12.4. The Morgan fingerprint density at radius 2 is 2.10 bits per heavy atom. The largest absolute Gasteiger partial charge is 0.477 e. The number of benzene rings is 2. The summed E-state index contributed by atoms with van der Waals surface area (Å²) in [5, 5.41) is 26.7. The zero-order valence-corrected chi connectivity index (χ0v) is 17.3. The van der Waals surface area contributed by atoms with Crippen LogP contribution in [0.3, 0.4) is 0 Å². The van der Waals surface area contributed by atoms with Crippen LogP contribution in [-0.4, -0.2) is 56.4 Å². The number of rotatable bonds is 6. The first-order valence-electron chi connectivity index (χ1n) is 9.05. The summed E-state index contributed by atoms with van der Waals surface area (Å²) in [6.45, 7) is -0.171. The van der Waals surface area contributed by atoms with E-state index in [1.165, 1.54) is 17.8 Å². The van der Waals surface area contributed by atoms with Crippen LogP contribution in [0.2, 0.25) is 0 Å². The minimum absolute atomic E-state index is 0.0407. The minimum atomic E-state index is -1.29. The third-order valence-electron chi connectivity index (χ3n) is 4.95. The number of hydrogen-bond acceptors (Lipinski definition) is 7. The molecule has 160 valence electrons. The molecule has 1 fully saturated rings. The molecule has 0 saturated carbocycles. The standard InChI is InChI=1S/C19H15ClN4O6S/c20-12-8-31-18-15(17(26)23(18)16(12)19(27)28)22-14(25)7-21-10-5-4-9-2-1-3-13(24(29)30)11(9)6-10/h1-6,15,18,21H,7-8H2,(H,22,25)(H,27,28)/t15?,18-/m0/s1. The number of hydrogen-bond donors (Lipinski definition) is 3. The third-order valence-corrected chi connectivity index (χ3v) is 6.70. The normalized spacial score (nSPS) is 20.2. The van der Waals surface area contributed by atoms with Crippen LogP contribution in [0, 0.1) is 10.1 Å². The number of aliphatic carboxylic acids is 1. The second kappa shape index (κ2) is 8.08. The molecule has 0 radical (unpaired) electrons. The Labute approximate surface area is 184 Å². The predicted molar refractivity (Wildman–Crippen MR) is 115 cm³/mol. The number of halogens is 1. The average molecular weight is 463 g/mol. The highest BCUT2D eigenvalue weighted by Gasteiger charge is 2.54. The van der Waals surface area contributed by atoms with Crippen molar-refractivity contribution in [2.45, 2.75) is 11.4 Å². The fraction of sp³-hybridized carbons (Fsp3) is 0.211. The van der Waals surface area contributed by atoms with E-state index in [9.17, 15) is 29.6 Å². The van der Waals surface area contributed by atoms with Crippen molar-refractivity contribution in [3.8, 4) is 0 Å². The molecule has 0 spiro atoms. The number of β-lactam (4-membered cyclic amide) rings is 1. The van der Waals surface area contributed by atoms with Crippen molar-refractivity contribution in [1.29, 1.82) is 0 Å². The second-order valence-corrected chi connectivity index (χ2v) is 8.40. The van der Waals surface area contributed by atoms with Gasteiger partial charge in [0.25, 0.3) is 11.6 Å². The fourth-order valence-electron chi connectivity index (χ4n) is 3.51. The molecule has 2 aliphatic heterocycles. The lowest BCUT2D eigenvalue weighted by atomic mass is 10.1. The SMILES string of the molecule is O=C(CNc1ccc2cccc([N+](=O)[O-])c2c1)NC1C(=O)N2C(C(=O)O)=C(Cl)CS[C@@H]12. The molecule has 0 aromatic heterocycles. The fourth-order valence-corrected chi connectivity index (χ4v) is 5.06. The summed E-state index contributed by atoms with van der Waals surface area (Å²) >= 11 is 7.19. The summed E-state index contributed by atoms with van der Waals surface area (Å²) in [6.07, 6.45) is 0. The van der Waals surface area contributed by atoms with Crippen LogP contribution < -0.4 is 10.6 Å². The summed E-state index contributed by atoms with van der Waals surface area (Å²) < 4.78 is 0. The van der Waals surface area contributed by atoms with Crippen LogP contribution in [-0.2, 0) is 14.4 Å². The molecule has 2 aromatic carbocycles. The van der Waals surface area contributed by atoms with Gasteiger partial charge in [-0.3, -0.25) is 24.6 Å². The quantitative estimate of drug-likeness (QED) is 0.336. The van der Waals surface area contributed by atoms with Gasteiger partial charge in [-0.15, -0.1) is 11.8 Å². The highest BCUT2D eigenvalue weighted by atomic mass is 35.5. The Hall–Kier alpha value is -3.31. The topological polar surface area (TPSA) is 142 Å². The monoisotopic (exact) mass is 462 g/mol. The summed E-state index contributed by atoms with van der Waals surface area (Å²) in [6, 6.07) is 8.88. The summed E-state index contributed by atoms with van der Waals surface area (Å²) in [5.74, 6) is -2.07. The number of fused-ring (bicyclic) bond motifs is 2. The molecule has 0 bridgehead atoms. The molecule has 2 aromatic rings. The Balaban J connectivity index is 1.41. The number of non-ortho nitro benzene ring substituents is 1. The van der Waals surface area contributed by atoms with Crippen LogP contribution >= 0.6 is 23.4 Å². The number of thioether (sulfide) groups is 1. The van der Waals surface area contributed by atoms with E-state index >= 15 is 0 Å². The third kappa shape index (κ3) is 3.77. The number of carbonyl (C=O) groups is 3. The number of nitrogens with one attached hydrogen (secondary N) is 2. The lowest BCUT2D eigenvalue weighted by Crippen LogP contribution is -2.70. The number of carboxylic acids is 1. The molecule has 2 atom stereocenters. The van der Waals surface area contributed by atoms with Crippen molar-refractivity contribution in [1.82, 2.24) is 10.2 Å². The van der Waals surface area contributed by atoms with Gasteiger partial charge in [0, 0.05) is 17.5 Å². The molecule has 2 aliphatic rings. The first kappa shape index (κ1) is 20.9. The van der Waals surface area contributed by atoms with E-state index in [0.717, 1.165) is 4.90 Å². The van der Waals surface area contributed by atoms with Crippen molar-refractivity contribution < 1.29 is 24.4 Å². The second-order valence-electron chi connectivity index (χ2n) is 6.84. The van der Waals surface area contributed by atoms with Crippen LogP contribution in [0.1, 0.15) is 0 Å². The average Bonchev–Trinajstić information content (AvgIpc) is 2.74. The highest BCUT2D eigenvalue weighted by Crippen LogP contribution is 2.41. The van der Waals surface area contributed by atoms with Gasteiger partial charge in [0.15, 0.2) is 0 Å². The molecule has 3 N–H and O–H groups in total. The molecular weight excluding hydrogens is 448 g/mol. The van der Waals surface area contributed by atoms with Crippen molar-refractivity contribution in [3.63, 3.8) is 0 Å². The smallest absolute Gasteiger partial charge is 0.353 e. The van der Waals surface area contributed by atoms with Gasteiger partial charge in [-0.25, -0.2) is 4.79 Å². The molecule has 31 heavy (non-hydrogen) atoms. The number of nitro benzene ring substituents is 1. The van der Waals surface area contributed by atoms with E-state index < -0.39 is 34.1 Å². The molecule has 0 aliphatic carbocycles. The van der Waals surface area contributed by atoms with Crippen molar-refractivity contribution in [2.75, 3.05) is 17.6 Å². The predicted octanol–water partition coefficient (Wildman–Crippen LogP) is 2.09. The van der Waals surface area contributed by atoms with Crippen LogP contribution in [0.15, 0.2) is 47.1 Å². The highest BCUT2D eigenvalue weighted by molar-refractivity contribution is 8.00. The van der Waals surface area contributed by atoms with Crippen molar-refractivity contribution in [3.05, 3.63) is 57.2 Å². The molecule has 1 saturated heterocycles. The molecule has 4 rings (SSSR count). The number of amides is 2. The van der Waals surface area contributed by atoms with E-state index in [-0.39, 0.29) is 28.7 Å². The first-order valence-corrected chi connectivity index (χ1v) is 10.5. The van der Waals surface area contributed by atoms with Gasteiger partial charge in [-0.05, 0) is 17.5 Å². The zero-order valence-electron chi connectivity index (χ0n) is 15.7. The Morgan fingerprint density at radius 3 is 2.81 bits per heavy atom. The van der Waals surface area contributed by atoms with Gasteiger partial charge < -0.3 is 15.7 Å². The van der Waals surface area contributed by atoms with Gasteiger partial charge in [0.1, 0.15) is 17.1 Å². The van der Waals surface area contributed by atoms with E-state index in [1.807, 2.05) is 0 Å².